The Morgan fingerprint density at radius 3 is 1.12 bits per heavy atom. The minimum atomic E-state index is -0.866. The lowest BCUT2D eigenvalue weighted by molar-refractivity contribution is -0.386. The van der Waals surface area contributed by atoms with Crippen molar-refractivity contribution in [1.82, 2.24) is 0 Å². The lowest BCUT2D eigenvalue weighted by Gasteiger charge is -2.09. The number of unbranched alkanes of at least 4 members (excludes halogenated alkanes) is 14. The molecule has 0 spiro atoms. The lowest BCUT2D eigenvalue weighted by Crippen LogP contribution is -2.12. The first-order valence-corrected chi connectivity index (χ1v) is 24.2. The van der Waals surface area contributed by atoms with Crippen LogP contribution in [-0.4, -0.2) is 54.4 Å². The molecule has 13 heteroatoms. The maximum absolute atomic E-state index is 13.1. The standard InChI is InChI=1S/C56H63N3O10/c1-3-5-7-9-11-13-15-17-38-66-53(60)44-30-34-48(35-31-44)57-40-42-22-26-46(27-23-42)55(62)68-50-20-19-21-51(52(50)59(64)65)69-56(63)47-28-24-43(25-29-47)41-58-49-36-32-45(33-37-49)54(61)67-39-18-16-14-12-10-8-6-4-2/h19-37,40-41H,3-18,38-39H2,1-2H3. The molecule has 0 saturated carbocycles. The van der Waals surface area contributed by atoms with Crippen molar-refractivity contribution in [2.45, 2.75) is 117 Å². The van der Waals surface area contributed by atoms with E-state index < -0.39 is 34.0 Å². The summed E-state index contributed by atoms with van der Waals surface area (Å²) in [5, 5.41) is 12.2. The zero-order valence-corrected chi connectivity index (χ0v) is 39.8. The topological polar surface area (TPSA) is 173 Å². The number of nitro benzene ring substituents is 1. The van der Waals surface area contributed by atoms with Crippen molar-refractivity contribution in [2.24, 2.45) is 9.98 Å². The molecule has 0 radical (unpaired) electrons. The normalized spacial score (nSPS) is 11.2. The van der Waals surface area contributed by atoms with Crippen LogP contribution in [0, 0.1) is 10.1 Å². The van der Waals surface area contributed by atoms with Crippen LogP contribution in [0.15, 0.2) is 125 Å². The number of rotatable bonds is 29. The number of esters is 4. The first kappa shape index (κ1) is 52.7. The lowest BCUT2D eigenvalue weighted by atomic mass is 10.1. The predicted molar refractivity (Wildman–Crippen MR) is 269 cm³/mol. The van der Waals surface area contributed by atoms with Crippen molar-refractivity contribution in [3.8, 4) is 11.5 Å². The van der Waals surface area contributed by atoms with Crippen molar-refractivity contribution in [1.29, 1.82) is 0 Å². The highest BCUT2D eigenvalue weighted by Gasteiger charge is 2.27. The van der Waals surface area contributed by atoms with Gasteiger partial charge in [-0.25, -0.2) is 19.2 Å². The Kier molecular flexibility index (Phi) is 22.5. The number of hydrogen-bond donors (Lipinski definition) is 0. The molecule has 5 rings (SSSR count). The van der Waals surface area contributed by atoms with E-state index in [1.54, 1.807) is 85.2 Å². The number of ether oxygens (including phenoxy) is 4. The molecule has 0 aliphatic rings. The van der Waals surface area contributed by atoms with Crippen molar-refractivity contribution >= 4 is 53.4 Å². The second-order valence-corrected chi connectivity index (χ2v) is 16.7. The SMILES string of the molecule is CCCCCCCCCCOC(=O)c1ccc(N=Cc2ccc(C(=O)Oc3cccc(OC(=O)c4ccc(C=Nc5ccc(C(=O)OCCCCCCCCCC)cc5)cc4)c3[N+](=O)[O-])cc2)cc1. The molecule has 0 saturated heterocycles. The van der Waals surface area contributed by atoms with E-state index in [4.69, 9.17) is 18.9 Å². The van der Waals surface area contributed by atoms with E-state index in [9.17, 15) is 29.3 Å². The maximum atomic E-state index is 13.1. The number of carbonyl (C=O) groups excluding carboxylic acids is 4. The van der Waals surface area contributed by atoms with Gasteiger partial charge in [-0.15, -0.1) is 0 Å². The summed E-state index contributed by atoms with van der Waals surface area (Å²) in [6, 6.07) is 29.9. The molecule has 5 aromatic carbocycles. The first-order chi connectivity index (χ1) is 33.6. The highest BCUT2D eigenvalue weighted by Crippen LogP contribution is 2.37. The van der Waals surface area contributed by atoms with Crippen LogP contribution in [-0.2, 0) is 9.47 Å². The number of nitro groups is 1. The summed E-state index contributed by atoms with van der Waals surface area (Å²) >= 11 is 0. The molecule has 0 atom stereocenters. The van der Waals surface area contributed by atoms with Gasteiger partial charge in [-0.2, -0.15) is 0 Å². The van der Waals surface area contributed by atoms with Crippen molar-refractivity contribution in [3.05, 3.63) is 159 Å². The summed E-state index contributed by atoms with van der Waals surface area (Å²) in [7, 11) is 0. The van der Waals surface area contributed by atoms with Gasteiger partial charge in [0.15, 0.2) is 0 Å². The van der Waals surface area contributed by atoms with Crippen LogP contribution >= 0.6 is 0 Å². The van der Waals surface area contributed by atoms with Crippen molar-refractivity contribution in [3.63, 3.8) is 0 Å². The minimum absolute atomic E-state index is 0.114. The fourth-order valence-corrected chi connectivity index (χ4v) is 7.21. The Morgan fingerprint density at radius 1 is 0.449 bits per heavy atom. The van der Waals surface area contributed by atoms with E-state index >= 15 is 0 Å². The van der Waals surface area contributed by atoms with Crippen LogP contribution in [0.4, 0.5) is 17.1 Å². The summed E-state index contributed by atoms with van der Waals surface area (Å²) in [4.78, 5) is 71.5. The summed E-state index contributed by atoms with van der Waals surface area (Å²) in [6.07, 6.45) is 21.8. The molecular formula is C56H63N3O10. The molecule has 0 amide bonds. The molecule has 0 unspecified atom stereocenters. The van der Waals surface area contributed by atoms with Crippen LogP contribution < -0.4 is 9.47 Å². The second kappa shape index (κ2) is 29.5. The maximum Gasteiger partial charge on any atom is 0.353 e. The molecule has 0 heterocycles. The van der Waals surface area contributed by atoms with Gasteiger partial charge in [-0.1, -0.05) is 134 Å². The van der Waals surface area contributed by atoms with Gasteiger partial charge < -0.3 is 18.9 Å². The molecular weight excluding hydrogens is 875 g/mol. The van der Waals surface area contributed by atoms with Crippen molar-refractivity contribution in [2.75, 3.05) is 13.2 Å². The van der Waals surface area contributed by atoms with Gasteiger partial charge in [0.2, 0.25) is 11.5 Å². The third-order valence-corrected chi connectivity index (χ3v) is 11.2. The molecule has 0 bridgehead atoms. The van der Waals surface area contributed by atoms with Crippen LogP contribution in [0.3, 0.4) is 0 Å². The smallest absolute Gasteiger partial charge is 0.353 e. The third kappa shape index (κ3) is 18.4. The number of carbonyl (C=O) groups is 4. The minimum Gasteiger partial charge on any atom is -0.462 e. The fourth-order valence-electron chi connectivity index (χ4n) is 7.21. The molecule has 0 aliphatic heterocycles. The molecule has 13 nitrogen and oxygen atoms in total. The quantitative estimate of drug-likeness (QED) is 0.0112. The number of para-hydroxylation sites is 1. The predicted octanol–water partition coefficient (Wildman–Crippen LogP) is 14.1. The Morgan fingerprint density at radius 2 is 0.768 bits per heavy atom. The van der Waals surface area contributed by atoms with E-state index in [1.165, 1.54) is 107 Å². The van der Waals surface area contributed by atoms with Gasteiger partial charge >= 0.3 is 29.6 Å². The summed E-state index contributed by atoms with van der Waals surface area (Å²) < 4.78 is 21.7. The number of hydrogen-bond acceptors (Lipinski definition) is 12. The third-order valence-electron chi connectivity index (χ3n) is 11.2. The Hall–Kier alpha value is -7.28. The van der Waals surface area contributed by atoms with Gasteiger partial charge in [0.25, 0.3) is 0 Å². The van der Waals surface area contributed by atoms with Gasteiger partial charge in [-0.3, -0.25) is 20.1 Å². The average Bonchev–Trinajstić information content (AvgIpc) is 3.36. The summed E-state index contributed by atoms with van der Waals surface area (Å²) in [5.41, 5.74) is 2.96. The zero-order valence-electron chi connectivity index (χ0n) is 39.8. The van der Waals surface area contributed by atoms with E-state index in [1.807, 2.05) is 0 Å². The number of benzene rings is 5. The van der Waals surface area contributed by atoms with Gasteiger partial charge in [0.1, 0.15) is 0 Å². The highest BCUT2D eigenvalue weighted by molar-refractivity contribution is 5.95. The van der Waals surface area contributed by atoms with Gasteiger partial charge in [0.05, 0.1) is 51.8 Å². The second-order valence-electron chi connectivity index (χ2n) is 16.7. The van der Waals surface area contributed by atoms with E-state index in [0.29, 0.717) is 46.8 Å². The molecule has 0 N–H and O–H groups in total. The monoisotopic (exact) mass is 937 g/mol. The fraction of sp³-hybridized carbons (Fsp3) is 0.357. The molecule has 5 aromatic rings. The number of aliphatic imine (C=N–C) groups is 2. The van der Waals surface area contributed by atoms with Crippen LogP contribution in [0.2, 0.25) is 0 Å². The Bertz CT molecular complexity index is 2300. The van der Waals surface area contributed by atoms with Crippen LogP contribution in [0.1, 0.15) is 169 Å². The van der Waals surface area contributed by atoms with Crippen LogP contribution in [0.25, 0.3) is 0 Å². The Labute approximate surface area is 405 Å². The highest BCUT2D eigenvalue weighted by atomic mass is 16.6. The molecule has 69 heavy (non-hydrogen) atoms. The van der Waals surface area contributed by atoms with Crippen molar-refractivity contribution < 1.29 is 43.0 Å². The van der Waals surface area contributed by atoms with Crippen LogP contribution in [0.5, 0.6) is 11.5 Å². The van der Waals surface area contributed by atoms with E-state index in [2.05, 4.69) is 23.8 Å². The summed E-state index contributed by atoms with van der Waals surface area (Å²) in [6.45, 7) is 5.20. The first-order valence-electron chi connectivity index (χ1n) is 24.2. The molecule has 0 aromatic heterocycles. The van der Waals surface area contributed by atoms with E-state index in [-0.39, 0.29) is 23.1 Å². The van der Waals surface area contributed by atoms with Gasteiger partial charge in [0, 0.05) is 12.4 Å². The molecule has 0 aliphatic carbocycles. The zero-order chi connectivity index (χ0) is 49.1. The van der Waals surface area contributed by atoms with Gasteiger partial charge in [-0.05, 0) is 109 Å². The Balaban J connectivity index is 1.07. The van der Waals surface area contributed by atoms with E-state index in [0.717, 1.165) is 38.5 Å². The average molecular weight is 938 g/mol. The largest absolute Gasteiger partial charge is 0.462 e. The molecule has 362 valence electrons. The molecule has 0 fully saturated rings. The summed E-state index contributed by atoms with van der Waals surface area (Å²) in [5.74, 6) is -3.29. The number of nitrogens with zero attached hydrogens (tertiary/aromatic N) is 3.